The number of hydrogen-bond donors (Lipinski definition) is 1. The molecule has 1 aliphatic heterocycles. The van der Waals surface area contributed by atoms with Crippen molar-refractivity contribution in [3.63, 3.8) is 0 Å². The molecule has 0 spiro atoms. The van der Waals surface area contributed by atoms with Crippen molar-refractivity contribution >= 4 is 15.4 Å². The molecule has 1 heterocycles. The zero-order valence-electron chi connectivity index (χ0n) is 7.94. The van der Waals surface area contributed by atoms with E-state index in [0.29, 0.717) is 0 Å². The predicted octanol–water partition coefficient (Wildman–Crippen LogP) is 1.33. The maximum absolute atomic E-state index is 12.9. The van der Waals surface area contributed by atoms with Crippen LogP contribution in [0.3, 0.4) is 0 Å². The Morgan fingerprint density at radius 3 is 2.67 bits per heavy atom. The minimum Gasteiger partial charge on any atom is -0.389 e. The highest BCUT2D eigenvalue weighted by Gasteiger charge is 2.29. The first-order valence-electron chi connectivity index (χ1n) is 4.36. The summed E-state index contributed by atoms with van der Waals surface area (Å²) >= 11 is 0. The van der Waals surface area contributed by atoms with Crippen molar-refractivity contribution in [3.05, 3.63) is 35.0 Å². The number of aliphatic hydroxyl groups is 1. The summed E-state index contributed by atoms with van der Waals surface area (Å²) in [5, 5.41) is 10.4. The number of benzene rings is 1. The number of rotatable bonds is 1. The molecule has 1 atom stereocenters. The van der Waals surface area contributed by atoms with Crippen LogP contribution in [0.15, 0.2) is 28.5 Å². The second-order valence-electron chi connectivity index (χ2n) is 3.43. The summed E-state index contributed by atoms with van der Waals surface area (Å²) < 4.78 is 36.1. The Bertz CT molecular complexity index is 544. The van der Waals surface area contributed by atoms with Crippen LogP contribution in [0, 0.1) is 5.82 Å². The normalized spacial score (nSPS) is 19.5. The van der Waals surface area contributed by atoms with Gasteiger partial charge < -0.3 is 5.11 Å². The third-order valence-electron chi connectivity index (χ3n) is 2.29. The average Bonchev–Trinajstić information content (AvgIpc) is 2.38. The van der Waals surface area contributed by atoms with Crippen molar-refractivity contribution in [2.75, 3.05) is 0 Å². The molecule has 3 nitrogen and oxygen atoms in total. The molecule has 1 unspecified atom stereocenters. The number of fused-ring (bicyclic) bond motifs is 1. The lowest BCUT2D eigenvalue weighted by atomic mass is 10.0. The summed E-state index contributed by atoms with van der Waals surface area (Å²) in [5.74, 6) is -0.516. The third kappa shape index (κ3) is 1.57. The van der Waals surface area contributed by atoms with E-state index in [-0.39, 0.29) is 16.0 Å². The van der Waals surface area contributed by atoms with E-state index in [1.807, 2.05) is 0 Å². The molecular formula is C10H9FO3S. The summed E-state index contributed by atoms with van der Waals surface area (Å²) in [7, 11) is -3.51. The lowest BCUT2D eigenvalue weighted by Crippen LogP contribution is -2.01. The van der Waals surface area contributed by atoms with E-state index in [2.05, 4.69) is 0 Å². The van der Waals surface area contributed by atoms with E-state index in [4.69, 9.17) is 0 Å². The molecule has 0 bridgehead atoms. The van der Waals surface area contributed by atoms with Gasteiger partial charge in [-0.05, 0) is 25.1 Å². The standard InChI is InChI=1S/C10H9FO3S/c1-6(12)9-5-15(13,14)10-3-2-7(11)4-8(9)10/h2-6,12H,1H3. The molecule has 0 aliphatic carbocycles. The first-order valence-corrected chi connectivity index (χ1v) is 5.91. The molecule has 5 heteroatoms. The van der Waals surface area contributed by atoms with E-state index in [1.165, 1.54) is 13.0 Å². The molecule has 1 aromatic rings. The average molecular weight is 228 g/mol. The molecular weight excluding hydrogens is 219 g/mol. The van der Waals surface area contributed by atoms with Gasteiger partial charge in [-0.15, -0.1) is 0 Å². The maximum atomic E-state index is 12.9. The van der Waals surface area contributed by atoms with E-state index in [0.717, 1.165) is 17.5 Å². The van der Waals surface area contributed by atoms with Crippen LogP contribution in [0.4, 0.5) is 4.39 Å². The van der Waals surface area contributed by atoms with Crippen LogP contribution in [-0.4, -0.2) is 19.6 Å². The molecule has 2 rings (SSSR count). The van der Waals surface area contributed by atoms with Crippen molar-refractivity contribution in [2.24, 2.45) is 0 Å². The van der Waals surface area contributed by atoms with E-state index in [1.54, 1.807) is 0 Å². The summed E-state index contributed by atoms with van der Waals surface area (Å²) in [5.41, 5.74) is 0.495. The van der Waals surface area contributed by atoms with Gasteiger partial charge >= 0.3 is 0 Å². The lowest BCUT2D eigenvalue weighted by molar-refractivity contribution is 0.253. The smallest absolute Gasteiger partial charge is 0.200 e. The van der Waals surface area contributed by atoms with Gasteiger partial charge in [0.05, 0.1) is 11.0 Å². The first kappa shape index (κ1) is 10.3. The largest absolute Gasteiger partial charge is 0.389 e. The minimum absolute atomic E-state index is 0.0554. The molecule has 80 valence electrons. The highest BCUT2D eigenvalue weighted by atomic mass is 32.2. The van der Waals surface area contributed by atoms with Gasteiger partial charge in [-0.3, -0.25) is 0 Å². The van der Waals surface area contributed by atoms with Crippen LogP contribution in [0.1, 0.15) is 12.5 Å². The first-order chi connectivity index (χ1) is 6.92. The Morgan fingerprint density at radius 1 is 1.40 bits per heavy atom. The van der Waals surface area contributed by atoms with Crippen molar-refractivity contribution in [1.82, 2.24) is 0 Å². The minimum atomic E-state index is -3.51. The Morgan fingerprint density at radius 2 is 2.07 bits per heavy atom. The van der Waals surface area contributed by atoms with Crippen LogP contribution in [0.25, 0.3) is 5.57 Å². The molecule has 1 N–H and O–H groups in total. The number of aliphatic hydroxyl groups excluding tert-OH is 1. The fraction of sp³-hybridized carbons (Fsp3) is 0.200. The fourth-order valence-corrected chi connectivity index (χ4v) is 3.12. The van der Waals surface area contributed by atoms with Gasteiger partial charge in [0.2, 0.25) is 9.84 Å². The van der Waals surface area contributed by atoms with Crippen molar-refractivity contribution in [2.45, 2.75) is 17.9 Å². The second kappa shape index (κ2) is 3.15. The van der Waals surface area contributed by atoms with Gasteiger partial charge in [0, 0.05) is 16.5 Å². The summed E-state index contributed by atoms with van der Waals surface area (Å²) in [4.78, 5) is 0.0554. The van der Waals surface area contributed by atoms with Gasteiger partial charge in [0.15, 0.2) is 0 Å². The number of hydrogen-bond acceptors (Lipinski definition) is 3. The van der Waals surface area contributed by atoms with E-state index < -0.39 is 21.8 Å². The highest BCUT2D eigenvalue weighted by molar-refractivity contribution is 7.95. The number of sulfone groups is 1. The number of halogens is 1. The Kier molecular flexibility index (Phi) is 2.17. The predicted molar refractivity (Wildman–Crippen MR) is 53.2 cm³/mol. The van der Waals surface area contributed by atoms with Crippen LogP contribution in [0.5, 0.6) is 0 Å². The molecule has 0 amide bonds. The van der Waals surface area contributed by atoms with Crippen molar-refractivity contribution in [3.8, 4) is 0 Å². The van der Waals surface area contributed by atoms with Gasteiger partial charge in [-0.2, -0.15) is 0 Å². The quantitative estimate of drug-likeness (QED) is 0.738. The molecule has 0 radical (unpaired) electrons. The van der Waals surface area contributed by atoms with Crippen LogP contribution in [-0.2, 0) is 9.84 Å². The summed E-state index contributed by atoms with van der Waals surface area (Å²) in [6, 6.07) is 3.43. The van der Waals surface area contributed by atoms with Crippen LogP contribution >= 0.6 is 0 Å². The molecule has 0 fully saturated rings. The van der Waals surface area contributed by atoms with Crippen LogP contribution in [0.2, 0.25) is 0 Å². The third-order valence-corrected chi connectivity index (χ3v) is 3.82. The molecule has 0 saturated heterocycles. The van der Waals surface area contributed by atoms with Gasteiger partial charge in [0.1, 0.15) is 5.82 Å². The topological polar surface area (TPSA) is 54.4 Å². The maximum Gasteiger partial charge on any atom is 0.200 e. The van der Waals surface area contributed by atoms with Gasteiger partial charge in [-0.1, -0.05) is 0 Å². The fourth-order valence-electron chi connectivity index (χ4n) is 1.59. The molecule has 1 aromatic carbocycles. The van der Waals surface area contributed by atoms with Crippen LogP contribution < -0.4 is 0 Å². The van der Waals surface area contributed by atoms with Gasteiger partial charge in [0.25, 0.3) is 0 Å². The van der Waals surface area contributed by atoms with E-state index in [9.17, 15) is 17.9 Å². The van der Waals surface area contributed by atoms with Crippen molar-refractivity contribution < 1.29 is 17.9 Å². The Balaban J connectivity index is 2.74. The molecule has 0 aromatic heterocycles. The summed E-state index contributed by atoms with van der Waals surface area (Å²) in [6.07, 6.45) is -0.928. The monoisotopic (exact) mass is 228 g/mol. The second-order valence-corrected chi connectivity index (χ2v) is 5.20. The Hall–Kier alpha value is -1.20. The zero-order chi connectivity index (χ0) is 11.2. The van der Waals surface area contributed by atoms with E-state index >= 15 is 0 Å². The highest BCUT2D eigenvalue weighted by Crippen LogP contribution is 2.35. The molecule has 1 aliphatic rings. The SMILES string of the molecule is CC(O)C1=CS(=O)(=O)c2ccc(F)cc21. The Labute approximate surface area is 86.8 Å². The molecule has 0 saturated carbocycles. The summed E-state index contributed by atoms with van der Waals surface area (Å²) in [6.45, 7) is 1.45. The van der Waals surface area contributed by atoms with Gasteiger partial charge in [-0.25, -0.2) is 12.8 Å². The zero-order valence-corrected chi connectivity index (χ0v) is 8.75. The van der Waals surface area contributed by atoms with Crippen molar-refractivity contribution in [1.29, 1.82) is 0 Å². The lowest BCUT2D eigenvalue weighted by Gasteiger charge is -2.06. The molecule has 15 heavy (non-hydrogen) atoms.